The first-order chi connectivity index (χ1) is 11.3. The maximum atomic E-state index is 2.67. The zero-order valence-electron chi connectivity index (χ0n) is 15.8. The van der Waals surface area contributed by atoms with Gasteiger partial charge in [-0.25, -0.2) is 0 Å². The first-order valence-corrected chi connectivity index (χ1v) is 16.7. The lowest BCUT2D eigenvalue weighted by molar-refractivity contribution is 0.911. The van der Waals surface area contributed by atoms with Gasteiger partial charge in [0, 0.05) is 0 Å². The Kier molecular flexibility index (Phi) is 3.70. The van der Waals surface area contributed by atoms with Gasteiger partial charge in [0.05, 0.1) is 15.2 Å². The van der Waals surface area contributed by atoms with Gasteiger partial charge in [-0.3, -0.25) is 0 Å². The van der Waals surface area contributed by atoms with Gasteiger partial charge in [-0.05, 0) is 59.5 Å². The lowest BCUT2D eigenvalue weighted by Gasteiger charge is -2.45. The van der Waals surface area contributed by atoms with Crippen molar-refractivity contribution in [2.75, 3.05) is 0 Å². The van der Waals surface area contributed by atoms with Crippen LogP contribution in [-0.4, -0.2) is 15.2 Å². The standard InChI is InChI=1S/C22H30Si2/c1-16-9-11-20(13-16)23(2,3)24(4,5)22-12-10-19-14-17-7-6-8-18(17)15-21(19)22/h9-15,20,22H,6-8H2,1-5H3. The molecule has 0 amide bonds. The molecule has 0 fully saturated rings. The van der Waals surface area contributed by atoms with E-state index in [-0.39, 0.29) is 0 Å². The van der Waals surface area contributed by atoms with Crippen molar-refractivity contribution < 1.29 is 0 Å². The molecule has 3 aliphatic carbocycles. The molecule has 24 heavy (non-hydrogen) atoms. The minimum absolute atomic E-state index is 0.711. The first-order valence-electron chi connectivity index (χ1n) is 9.51. The normalized spacial score (nSPS) is 25.1. The summed E-state index contributed by atoms with van der Waals surface area (Å²) in [6.07, 6.45) is 16.3. The van der Waals surface area contributed by atoms with Gasteiger partial charge in [-0.2, -0.15) is 0 Å². The third kappa shape index (κ3) is 2.30. The van der Waals surface area contributed by atoms with E-state index in [1.807, 2.05) is 0 Å². The molecule has 2 heteroatoms. The fourth-order valence-corrected chi connectivity index (χ4v) is 15.7. The van der Waals surface area contributed by atoms with Crippen molar-refractivity contribution in [3.8, 4) is 0 Å². The van der Waals surface area contributed by atoms with E-state index in [0.717, 1.165) is 5.54 Å². The fraction of sp³-hybridized carbons (Fsp3) is 0.455. The molecule has 0 bridgehead atoms. The van der Waals surface area contributed by atoms with Crippen molar-refractivity contribution in [2.45, 2.75) is 63.5 Å². The molecule has 0 saturated heterocycles. The SMILES string of the molecule is CC1=CC([Si](C)(C)[Si](C)(C)C2C=Cc3cc4c(cc32)CCC4)C=C1. The third-order valence-corrected chi connectivity index (χ3v) is 26.7. The summed E-state index contributed by atoms with van der Waals surface area (Å²) in [5, 5.41) is 0. The van der Waals surface area contributed by atoms with E-state index in [2.05, 4.69) is 75.6 Å². The van der Waals surface area contributed by atoms with Crippen LogP contribution in [0.25, 0.3) is 6.08 Å². The smallest absolute Gasteiger partial charge is 0.0548 e. The van der Waals surface area contributed by atoms with Crippen LogP contribution in [0.5, 0.6) is 0 Å². The number of fused-ring (bicyclic) bond motifs is 2. The maximum absolute atomic E-state index is 2.67. The summed E-state index contributed by atoms with van der Waals surface area (Å²) in [5.74, 6) is 0. The predicted molar refractivity (Wildman–Crippen MR) is 112 cm³/mol. The summed E-state index contributed by atoms with van der Waals surface area (Å²) < 4.78 is 0. The molecule has 0 heterocycles. The largest absolute Gasteiger partial charge is 0.0804 e. The predicted octanol–water partition coefficient (Wildman–Crippen LogP) is 6.21. The van der Waals surface area contributed by atoms with Gasteiger partial charge < -0.3 is 0 Å². The second-order valence-corrected chi connectivity index (χ2v) is 25.1. The van der Waals surface area contributed by atoms with Crippen molar-refractivity contribution in [3.05, 3.63) is 64.3 Å². The van der Waals surface area contributed by atoms with Gasteiger partial charge >= 0.3 is 0 Å². The summed E-state index contributed by atoms with van der Waals surface area (Å²) in [6.45, 7) is 12.9. The summed E-state index contributed by atoms with van der Waals surface area (Å²) in [4.78, 5) is 0. The summed E-state index contributed by atoms with van der Waals surface area (Å²) >= 11 is 0. The molecular weight excluding hydrogens is 320 g/mol. The van der Waals surface area contributed by atoms with Gasteiger partial charge in [0.1, 0.15) is 0 Å². The van der Waals surface area contributed by atoms with Crippen molar-refractivity contribution >= 4 is 21.3 Å². The molecule has 0 spiro atoms. The monoisotopic (exact) mass is 350 g/mol. The van der Waals surface area contributed by atoms with Gasteiger partial charge in [-0.1, -0.05) is 74.3 Å². The topological polar surface area (TPSA) is 0 Å². The quantitative estimate of drug-likeness (QED) is 0.569. The van der Waals surface area contributed by atoms with Crippen LogP contribution < -0.4 is 0 Å². The van der Waals surface area contributed by atoms with Crippen LogP contribution in [0, 0.1) is 0 Å². The number of aryl methyl sites for hydroxylation is 2. The van der Waals surface area contributed by atoms with Crippen molar-refractivity contribution in [1.82, 2.24) is 0 Å². The average molecular weight is 351 g/mol. The lowest BCUT2D eigenvalue weighted by atomic mass is 10.0. The van der Waals surface area contributed by atoms with E-state index in [1.54, 1.807) is 16.7 Å². The summed E-state index contributed by atoms with van der Waals surface area (Å²) in [7, 11) is -2.79. The van der Waals surface area contributed by atoms with Crippen LogP contribution in [0.2, 0.25) is 31.7 Å². The van der Waals surface area contributed by atoms with Crippen molar-refractivity contribution in [3.63, 3.8) is 0 Å². The zero-order valence-corrected chi connectivity index (χ0v) is 17.8. The highest BCUT2D eigenvalue weighted by molar-refractivity contribution is 7.42. The Labute approximate surface area is 149 Å². The van der Waals surface area contributed by atoms with Crippen LogP contribution in [0.4, 0.5) is 0 Å². The zero-order chi connectivity index (χ0) is 17.1. The second kappa shape index (κ2) is 5.44. The molecule has 0 nitrogen and oxygen atoms in total. The molecule has 2 atom stereocenters. The Morgan fingerprint density at radius 1 is 0.875 bits per heavy atom. The Morgan fingerprint density at radius 3 is 2.25 bits per heavy atom. The first kappa shape index (κ1) is 16.3. The van der Waals surface area contributed by atoms with Gasteiger partial charge in [0.2, 0.25) is 0 Å². The molecule has 0 aliphatic heterocycles. The highest BCUT2D eigenvalue weighted by Gasteiger charge is 2.50. The second-order valence-electron chi connectivity index (χ2n) is 9.18. The molecule has 4 rings (SSSR count). The average Bonchev–Trinajstić information content (AvgIpc) is 3.22. The molecule has 1 aromatic carbocycles. The Balaban J connectivity index is 1.72. The number of allylic oxidation sites excluding steroid dienone is 5. The van der Waals surface area contributed by atoms with Crippen LogP contribution in [0.3, 0.4) is 0 Å². The van der Waals surface area contributed by atoms with Crippen LogP contribution in [0.1, 0.15) is 41.1 Å². The third-order valence-electron chi connectivity index (χ3n) is 7.38. The molecule has 2 unspecified atom stereocenters. The Bertz CT molecular complexity index is 777. The number of hydrogen-bond donors (Lipinski definition) is 0. The number of hydrogen-bond acceptors (Lipinski definition) is 0. The van der Waals surface area contributed by atoms with E-state index in [0.29, 0.717) is 5.54 Å². The number of rotatable bonds is 3. The lowest BCUT2D eigenvalue weighted by Crippen LogP contribution is -2.60. The van der Waals surface area contributed by atoms with Crippen molar-refractivity contribution in [2.24, 2.45) is 0 Å². The molecule has 126 valence electrons. The van der Waals surface area contributed by atoms with Crippen LogP contribution in [0.15, 0.2) is 42.0 Å². The van der Waals surface area contributed by atoms with E-state index in [9.17, 15) is 0 Å². The molecule has 0 radical (unpaired) electrons. The fourth-order valence-electron chi connectivity index (χ4n) is 4.94. The van der Waals surface area contributed by atoms with Crippen LogP contribution >= 0.6 is 0 Å². The minimum atomic E-state index is -1.42. The molecule has 3 aliphatic rings. The summed E-state index contributed by atoms with van der Waals surface area (Å²) in [6, 6.07) is 5.10. The van der Waals surface area contributed by atoms with E-state index in [4.69, 9.17) is 0 Å². The van der Waals surface area contributed by atoms with Gasteiger partial charge in [-0.15, -0.1) is 0 Å². The molecule has 0 N–H and O–H groups in total. The highest BCUT2D eigenvalue weighted by atomic mass is 29.3. The van der Waals surface area contributed by atoms with E-state index < -0.39 is 15.2 Å². The van der Waals surface area contributed by atoms with E-state index >= 15 is 0 Å². The Hall–Kier alpha value is -1.13. The van der Waals surface area contributed by atoms with Crippen LogP contribution in [-0.2, 0) is 12.8 Å². The minimum Gasteiger partial charge on any atom is -0.0804 e. The number of benzene rings is 1. The Morgan fingerprint density at radius 2 is 1.58 bits per heavy atom. The van der Waals surface area contributed by atoms with Gasteiger partial charge in [0.15, 0.2) is 0 Å². The van der Waals surface area contributed by atoms with Crippen molar-refractivity contribution in [1.29, 1.82) is 0 Å². The van der Waals surface area contributed by atoms with Gasteiger partial charge in [0.25, 0.3) is 0 Å². The summed E-state index contributed by atoms with van der Waals surface area (Å²) in [5.41, 5.74) is 9.35. The highest BCUT2D eigenvalue weighted by Crippen LogP contribution is 2.47. The molecule has 0 saturated carbocycles. The van der Waals surface area contributed by atoms with E-state index in [1.165, 1.54) is 30.4 Å². The maximum Gasteiger partial charge on any atom is 0.0548 e. The molecule has 1 aromatic rings. The molecular formula is C22H30Si2. The molecule has 0 aromatic heterocycles.